The highest BCUT2D eigenvalue weighted by Gasteiger charge is 2.32. The Morgan fingerprint density at radius 2 is 2.33 bits per heavy atom. The Kier molecular flexibility index (Phi) is 2.68. The fourth-order valence-corrected chi connectivity index (χ4v) is 1.69. The van der Waals surface area contributed by atoms with Gasteiger partial charge in [-0.05, 0) is 24.1 Å². The number of amides is 1. The van der Waals surface area contributed by atoms with Gasteiger partial charge in [-0.15, -0.1) is 0 Å². The lowest BCUT2D eigenvalue weighted by Gasteiger charge is -2.36. The predicted molar refractivity (Wildman–Crippen MR) is 54.7 cm³/mol. The monoisotopic (exact) mass is 208 g/mol. The lowest BCUT2D eigenvalue weighted by Crippen LogP contribution is -2.61. The zero-order valence-electron chi connectivity index (χ0n) is 8.32. The second kappa shape index (κ2) is 3.98. The van der Waals surface area contributed by atoms with Crippen LogP contribution in [0.4, 0.5) is 4.39 Å². The van der Waals surface area contributed by atoms with E-state index in [-0.39, 0.29) is 17.8 Å². The molecular formula is C11H13FN2O. The lowest BCUT2D eigenvalue weighted by atomic mass is 10.1. The van der Waals surface area contributed by atoms with Crippen molar-refractivity contribution in [1.29, 1.82) is 0 Å². The number of hydrogen-bond acceptors (Lipinski definition) is 2. The summed E-state index contributed by atoms with van der Waals surface area (Å²) in [5.41, 5.74) is 6.36. The molecule has 1 aliphatic rings. The fraction of sp³-hybridized carbons (Fsp3) is 0.364. The van der Waals surface area contributed by atoms with Gasteiger partial charge in [0, 0.05) is 13.1 Å². The van der Waals surface area contributed by atoms with Crippen molar-refractivity contribution in [3.8, 4) is 0 Å². The normalized spacial score (nSPS) is 20.3. The minimum atomic E-state index is -0.322. The van der Waals surface area contributed by atoms with Gasteiger partial charge >= 0.3 is 0 Å². The molecule has 1 aromatic rings. The van der Waals surface area contributed by atoms with E-state index in [1.165, 1.54) is 12.1 Å². The van der Waals surface area contributed by atoms with Crippen molar-refractivity contribution in [3.63, 3.8) is 0 Å². The van der Waals surface area contributed by atoms with Crippen LogP contribution < -0.4 is 5.73 Å². The van der Waals surface area contributed by atoms with Crippen LogP contribution in [0.2, 0.25) is 0 Å². The Labute approximate surface area is 87.7 Å². The molecule has 1 amide bonds. The molecule has 3 nitrogen and oxygen atoms in total. The van der Waals surface area contributed by atoms with Crippen molar-refractivity contribution in [2.45, 2.75) is 12.5 Å². The maximum atomic E-state index is 12.8. The van der Waals surface area contributed by atoms with Crippen molar-refractivity contribution in [2.75, 3.05) is 13.1 Å². The molecule has 2 rings (SSSR count). The minimum Gasteiger partial charge on any atom is -0.339 e. The van der Waals surface area contributed by atoms with Crippen LogP contribution in [0.15, 0.2) is 24.3 Å². The number of carbonyl (C=O) groups excluding carboxylic acids is 1. The van der Waals surface area contributed by atoms with E-state index in [0.717, 1.165) is 5.56 Å². The number of rotatable bonds is 3. The van der Waals surface area contributed by atoms with Gasteiger partial charge in [-0.3, -0.25) is 4.79 Å². The van der Waals surface area contributed by atoms with Gasteiger partial charge in [0.2, 0.25) is 5.91 Å². The Bertz CT molecular complexity index is 381. The molecule has 4 heteroatoms. The molecular weight excluding hydrogens is 195 g/mol. The first kappa shape index (κ1) is 10.1. The first-order valence-corrected chi connectivity index (χ1v) is 4.95. The first-order valence-electron chi connectivity index (χ1n) is 4.95. The number of benzene rings is 1. The van der Waals surface area contributed by atoms with Crippen molar-refractivity contribution in [1.82, 2.24) is 4.90 Å². The predicted octanol–water partition coefficient (Wildman–Crippen LogP) is 0.538. The lowest BCUT2D eigenvalue weighted by molar-refractivity contribution is -0.142. The third-order valence-electron chi connectivity index (χ3n) is 2.61. The quantitative estimate of drug-likeness (QED) is 0.737. The highest BCUT2D eigenvalue weighted by molar-refractivity contribution is 5.87. The maximum Gasteiger partial charge on any atom is 0.241 e. The van der Waals surface area contributed by atoms with Gasteiger partial charge in [0.15, 0.2) is 0 Å². The van der Waals surface area contributed by atoms with E-state index in [1.807, 2.05) is 6.07 Å². The molecule has 0 radical (unpaired) electrons. The van der Waals surface area contributed by atoms with E-state index in [1.54, 1.807) is 11.0 Å². The van der Waals surface area contributed by atoms with E-state index in [2.05, 4.69) is 0 Å². The Morgan fingerprint density at radius 3 is 2.93 bits per heavy atom. The number of nitrogens with zero attached hydrogens (tertiary/aromatic N) is 1. The number of halogens is 1. The Balaban J connectivity index is 1.86. The fourth-order valence-electron chi connectivity index (χ4n) is 1.69. The second-order valence-electron chi connectivity index (χ2n) is 3.77. The molecule has 1 heterocycles. The largest absolute Gasteiger partial charge is 0.339 e. The summed E-state index contributed by atoms with van der Waals surface area (Å²) in [6.45, 7) is 1.24. The average molecular weight is 208 g/mol. The van der Waals surface area contributed by atoms with E-state index < -0.39 is 0 Å². The number of β-lactam (4-membered cyclic amide) rings is 1. The Morgan fingerprint density at radius 1 is 1.53 bits per heavy atom. The van der Waals surface area contributed by atoms with Crippen molar-refractivity contribution >= 4 is 5.91 Å². The highest BCUT2D eigenvalue weighted by Crippen LogP contribution is 2.10. The number of hydrogen-bond donors (Lipinski definition) is 1. The van der Waals surface area contributed by atoms with Crippen LogP contribution >= 0.6 is 0 Å². The highest BCUT2D eigenvalue weighted by atomic mass is 19.1. The SMILES string of the molecule is NC1CN(CCc2cccc(F)c2)C1=O. The molecule has 0 aliphatic carbocycles. The van der Waals surface area contributed by atoms with Gasteiger partial charge in [-0.1, -0.05) is 12.1 Å². The molecule has 1 aromatic carbocycles. The summed E-state index contributed by atoms with van der Waals surface area (Å²) in [5.74, 6) is -0.245. The van der Waals surface area contributed by atoms with E-state index >= 15 is 0 Å². The molecule has 0 spiro atoms. The smallest absolute Gasteiger partial charge is 0.241 e. The van der Waals surface area contributed by atoms with Crippen LogP contribution in [0, 0.1) is 5.82 Å². The van der Waals surface area contributed by atoms with Gasteiger partial charge in [0.1, 0.15) is 11.9 Å². The average Bonchev–Trinajstić information content (AvgIpc) is 2.23. The molecule has 15 heavy (non-hydrogen) atoms. The summed E-state index contributed by atoms with van der Waals surface area (Å²) in [7, 11) is 0. The summed E-state index contributed by atoms with van der Waals surface area (Å²) in [4.78, 5) is 12.9. The standard InChI is InChI=1S/C11H13FN2O/c12-9-3-1-2-8(6-9)4-5-14-7-10(13)11(14)15/h1-3,6,10H,4-5,7,13H2. The number of carbonyl (C=O) groups is 1. The van der Waals surface area contributed by atoms with Crippen LogP contribution in [0.3, 0.4) is 0 Å². The van der Waals surface area contributed by atoms with Crippen LogP contribution in [-0.2, 0) is 11.2 Å². The Hall–Kier alpha value is -1.42. The molecule has 0 saturated carbocycles. The van der Waals surface area contributed by atoms with Crippen LogP contribution in [0.5, 0.6) is 0 Å². The molecule has 1 atom stereocenters. The molecule has 1 saturated heterocycles. The van der Waals surface area contributed by atoms with Crippen molar-refractivity contribution < 1.29 is 9.18 Å². The van der Waals surface area contributed by atoms with Gasteiger partial charge in [-0.25, -0.2) is 4.39 Å². The zero-order valence-corrected chi connectivity index (χ0v) is 8.32. The second-order valence-corrected chi connectivity index (χ2v) is 3.77. The summed E-state index contributed by atoms with van der Waals surface area (Å²) >= 11 is 0. The summed E-state index contributed by atoms with van der Waals surface area (Å²) in [5, 5.41) is 0. The van der Waals surface area contributed by atoms with E-state index in [4.69, 9.17) is 5.73 Å². The molecule has 0 aromatic heterocycles. The molecule has 1 unspecified atom stereocenters. The zero-order chi connectivity index (χ0) is 10.8. The molecule has 1 aliphatic heterocycles. The summed E-state index contributed by atoms with van der Waals surface area (Å²) < 4.78 is 12.8. The molecule has 0 bridgehead atoms. The van der Waals surface area contributed by atoms with Crippen LogP contribution in [0.1, 0.15) is 5.56 Å². The third-order valence-corrected chi connectivity index (χ3v) is 2.61. The summed E-state index contributed by atoms with van der Waals surface area (Å²) in [6.07, 6.45) is 0.677. The van der Waals surface area contributed by atoms with Gasteiger partial charge < -0.3 is 10.6 Å². The van der Waals surface area contributed by atoms with Gasteiger partial charge in [0.05, 0.1) is 0 Å². The first-order chi connectivity index (χ1) is 7.16. The van der Waals surface area contributed by atoms with Crippen molar-refractivity contribution in [2.24, 2.45) is 5.73 Å². The minimum absolute atomic E-state index is 0.00796. The van der Waals surface area contributed by atoms with Crippen molar-refractivity contribution in [3.05, 3.63) is 35.6 Å². The van der Waals surface area contributed by atoms with Gasteiger partial charge in [0.25, 0.3) is 0 Å². The molecule has 80 valence electrons. The van der Waals surface area contributed by atoms with Crippen LogP contribution in [0.25, 0.3) is 0 Å². The third kappa shape index (κ3) is 2.15. The van der Waals surface area contributed by atoms with E-state index in [0.29, 0.717) is 19.5 Å². The van der Waals surface area contributed by atoms with E-state index in [9.17, 15) is 9.18 Å². The number of likely N-dealkylation sites (tertiary alicyclic amines) is 1. The maximum absolute atomic E-state index is 12.8. The topological polar surface area (TPSA) is 46.3 Å². The van der Waals surface area contributed by atoms with Gasteiger partial charge in [-0.2, -0.15) is 0 Å². The molecule has 1 fully saturated rings. The summed E-state index contributed by atoms with van der Waals surface area (Å²) in [6, 6.07) is 6.11. The van der Waals surface area contributed by atoms with Crippen LogP contribution in [-0.4, -0.2) is 29.9 Å². The number of nitrogens with two attached hydrogens (primary N) is 1. The molecule has 2 N–H and O–H groups in total.